The van der Waals surface area contributed by atoms with Crippen LogP contribution in [0, 0.1) is 11.8 Å². The van der Waals surface area contributed by atoms with E-state index in [1.165, 1.54) is 61.6 Å². The minimum Gasteiger partial charge on any atom is -0.491 e. The molecule has 5 nitrogen and oxygen atoms in total. The quantitative estimate of drug-likeness (QED) is 0.442. The highest BCUT2D eigenvalue weighted by atomic mass is 79.9. The summed E-state index contributed by atoms with van der Waals surface area (Å²) < 4.78 is 32.6. The van der Waals surface area contributed by atoms with Crippen molar-refractivity contribution in [1.82, 2.24) is 9.62 Å². The number of likely N-dealkylation sites (tertiary alicyclic amines) is 1. The summed E-state index contributed by atoms with van der Waals surface area (Å²) in [4.78, 5) is 2.64. The zero-order valence-electron chi connectivity index (χ0n) is 20.0. The van der Waals surface area contributed by atoms with Crippen LogP contribution in [0.4, 0.5) is 0 Å². The molecule has 0 aromatic heterocycles. The Hall–Kier alpha value is -0.630. The van der Waals surface area contributed by atoms with Crippen molar-refractivity contribution in [1.29, 1.82) is 0 Å². The molecule has 182 valence electrons. The van der Waals surface area contributed by atoms with E-state index in [0.717, 1.165) is 49.7 Å². The number of nitrogens with zero attached hydrogens (tertiary/aromatic N) is 1. The van der Waals surface area contributed by atoms with Gasteiger partial charge in [-0.25, -0.2) is 13.1 Å². The van der Waals surface area contributed by atoms with Crippen LogP contribution in [0.1, 0.15) is 70.8 Å². The molecule has 1 aromatic rings. The molecule has 3 rings (SSSR count). The molecular formula is C25H41BrN2O3S. The predicted molar refractivity (Wildman–Crippen MR) is 136 cm³/mol. The lowest BCUT2D eigenvalue weighted by Crippen LogP contribution is -2.37. The van der Waals surface area contributed by atoms with Gasteiger partial charge in [-0.2, -0.15) is 0 Å². The number of hydrogen-bond donors (Lipinski definition) is 1. The van der Waals surface area contributed by atoms with Crippen LogP contribution in [0.2, 0.25) is 0 Å². The molecule has 0 bridgehead atoms. The fourth-order valence-corrected chi connectivity index (χ4v) is 6.50. The highest BCUT2D eigenvalue weighted by molar-refractivity contribution is 9.10. The molecule has 1 aliphatic heterocycles. The summed E-state index contributed by atoms with van der Waals surface area (Å²) in [7, 11) is -3.07. The number of nitrogens with one attached hydrogen (secondary N) is 1. The molecule has 1 heterocycles. The van der Waals surface area contributed by atoms with Crippen LogP contribution in [-0.2, 0) is 16.4 Å². The van der Waals surface area contributed by atoms with Gasteiger partial charge in [-0.15, -0.1) is 0 Å². The predicted octanol–water partition coefficient (Wildman–Crippen LogP) is 5.38. The van der Waals surface area contributed by atoms with Gasteiger partial charge in [0.05, 0.1) is 12.4 Å². The van der Waals surface area contributed by atoms with Crippen LogP contribution in [0.3, 0.4) is 0 Å². The van der Waals surface area contributed by atoms with Crippen molar-refractivity contribution >= 4 is 26.0 Å². The molecule has 0 radical (unpaired) electrons. The van der Waals surface area contributed by atoms with Gasteiger partial charge in [0, 0.05) is 10.5 Å². The normalized spacial score (nSPS) is 23.5. The molecular weight excluding hydrogens is 488 g/mol. The van der Waals surface area contributed by atoms with E-state index in [1.807, 2.05) is 6.07 Å². The molecule has 2 aliphatic rings. The third-order valence-corrected chi connectivity index (χ3v) is 8.45. The van der Waals surface area contributed by atoms with E-state index in [1.54, 1.807) is 0 Å². The first kappa shape index (κ1) is 26.0. The van der Waals surface area contributed by atoms with Crippen LogP contribution in [-0.4, -0.2) is 51.4 Å². The van der Waals surface area contributed by atoms with Gasteiger partial charge in [0.15, 0.2) is 0 Å². The van der Waals surface area contributed by atoms with Crippen molar-refractivity contribution in [3.63, 3.8) is 0 Å². The average molecular weight is 530 g/mol. The van der Waals surface area contributed by atoms with Gasteiger partial charge in [-0.05, 0) is 127 Å². The largest absolute Gasteiger partial charge is 0.491 e. The lowest BCUT2D eigenvalue weighted by molar-refractivity contribution is 0.174. The Kier molecular flexibility index (Phi) is 9.89. The first-order chi connectivity index (χ1) is 15.2. The second-order valence-electron chi connectivity index (χ2n) is 10.2. The molecule has 1 N–H and O–H groups in total. The van der Waals surface area contributed by atoms with Gasteiger partial charge in [0.1, 0.15) is 5.75 Å². The van der Waals surface area contributed by atoms with Crippen LogP contribution in [0.5, 0.6) is 5.75 Å². The van der Waals surface area contributed by atoms with E-state index in [-0.39, 0.29) is 12.1 Å². The van der Waals surface area contributed by atoms with E-state index < -0.39 is 10.0 Å². The van der Waals surface area contributed by atoms with Crippen molar-refractivity contribution in [2.24, 2.45) is 11.8 Å². The molecule has 0 amide bonds. The fraction of sp³-hybridized carbons (Fsp3) is 0.760. The summed E-state index contributed by atoms with van der Waals surface area (Å²) in [5.74, 6) is 2.48. The van der Waals surface area contributed by atoms with E-state index in [9.17, 15) is 8.42 Å². The first-order valence-corrected chi connectivity index (χ1v) is 15.0. The Morgan fingerprint density at radius 3 is 2.41 bits per heavy atom. The Morgan fingerprint density at radius 2 is 1.78 bits per heavy atom. The van der Waals surface area contributed by atoms with Crippen LogP contribution in [0.25, 0.3) is 0 Å². The monoisotopic (exact) mass is 528 g/mol. The smallest absolute Gasteiger partial charge is 0.208 e. The molecule has 32 heavy (non-hydrogen) atoms. The maximum atomic E-state index is 11.4. The van der Waals surface area contributed by atoms with E-state index in [4.69, 9.17) is 4.74 Å². The Bertz CT molecular complexity index is 814. The van der Waals surface area contributed by atoms with E-state index >= 15 is 0 Å². The second-order valence-corrected chi connectivity index (χ2v) is 12.8. The zero-order chi connectivity index (χ0) is 23.1. The van der Waals surface area contributed by atoms with Crippen molar-refractivity contribution in [3.05, 3.63) is 28.2 Å². The van der Waals surface area contributed by atoms with Crippen LogP contribution in [0.15, 0.2) is 22.7 Å². The number of rotatable bonds is 10. The summed E-state index contributed by atoms with van der Waals surface area (Å²) in [6.07, 6.45) is 12.0. The molecule has 0 unspecified atom stereocenters. The van der Waals surface area contributed by atoms with Crippen LogP contribution < -0.4 is 9.46 Å². The minimum absolute atomic E-state index is 0.151. The third kappa shape index (κ3) is 8.96. The molecule has 1 aliphatic carbocycles. The molecule has 2 fully saturated rings. The van der Waals surface area contributed by atoms with Crippen molar-refractivity contribution < 1.29 is 13.2 Å². The summed E-state index contributed by atoms with van der Waals surface area (Å²) in [6.45, 7) is 7.75. The fourth-order valence-electron chi connectivity index (χ4n) is 5.25. The number of piperidine rings is 1. The molecule has 7 heteroatoms. The van der Waals surface area contributed by atoms with Gasteiger partial charge < -0.3 is 9.64 Å². The summed E-state index contributed by atoms with van der Waals surface area (Å²) in [5, 5.41) is 0. The highest BCUT2D eigenvalue weighted by Crippen LogP contribution is 2.30. The van der Waals surface area contributed by atoms with Crippen LogP contribution >= 0.6 is 15.9 Å². The number of benzene rings is 1. The number of halogens is 1. The second kappa shape index (κ2) is 12.2. The lowest BCUT2D eigenvalue weighted by atomic mass is 9.83. The maximum absolute atomic E-state index is 11.4. The summed E-state index contributed by atoms with van der Waals surface area (Å²) in [5.41, 5.74) is 1.36. The molecule has 0 atom stereocenters. The maximum Gasteiger partial charge on any atom is 0.208 e. The van der Waals surface area contributed by atoms with E-state index in [2.05, 4.69) is 51.5 Å². The summed E-state index contributed by atoms with van der Waals surface area (Å²) >= 11 is 3.73. The first-order valence-electron chi connectivity index (χ1n) is 12.3. The van der Waals surface area contributed by atoms with Gasteiger partial charge in [0.2, 0.25) is 10.0 Å². The van der Waals surface area contributed by atoms with Gasteiger partial charge in [0.25, 0.3) is 0 Å². The number of hydrogen-bond acceptors (Lipinski definition) is 4. The molecule has 1 saturated carbocycles. The Balaban J connectivity index is 1.33. The third-order valence-electron chi connectivity index (χ3n) is 6.92. The molecule has 1 saturated heterocycles. The lowest BCUT2D eigenvalue weighted by Gasteiger charge is -2.33. The number of sulfonamides is 1. The Morgan fingerprint density at radius 1 is 1.09 bits per heavy atom. The average Bonchev–Trinajstić information content (AvgIpc) is 2.71. The zero-order valence-corrected chi connectivity index (χ0v) is 22.4. The van der Waals surface area contributed by atoms with Gasteiger partial charge in [-0.3, -0.25) is 0 Å². The van der Waals surface area contributed by atoms with Gasteiger partial charge in [-0.1, -0.05) is 15.9 Å². The topological polar surface area (TPSA) is 58.6 Å². The summed E-state index contributed by atoms with van der Waals surface area (Å²) in [6, 6.07) is 6.52. The molecule has 1 aromatic carbocycles. The van der Waals surface area contributed by atoms with Crippen molar-refractivity contribution in [2.45, 2.75) is 83.8 Å². The highest BCUT2D eigenvalue weighted by Gasteiger charge is 2.24. The number of ether oxygens (including phenoxy) is 1. The minimum atomic E-state index is -3.07. The van der Waals surface area contributed by atoms with Crippen molar-refractivity contribution in [3.8, 4) is 5.75 Å². The standard InChI is InChI=1S/C25H41BrN2O3S/c1-19(2)31-24-10-11-25(26)22(18-24)17-21-12-15-28(16-13-21)14-4-5-20-6-8-23(9-7-20)27-32(3,29)30/h10-11,18-21,23,27H,4-9,12-17H2,1-3H3/t20-,23-. The van der Waals surface area contributed by atoms with Gasteiger partial charge >= 0.3 is 0 Å². The SMILES string of the molecule is CC(C)Oc1ccc(Br)c(CC2CCN(CCC[C@H]3CC[C@H](NS(C)(=O)=O)CC3)CC2)c1. The van der Waals surface area contributed by atoms with Crippen molar-refractivity contribution in [2.75, 3.05) is 25.9 Å². The molecule has 0 spiro atoms. The van der Waals surface area contributed by atoms with E-state index in [0.29, 0.717) is 0 Å². The Labute approximate surface area is 203 Å².